The summed E-state index contributed by atoms with van der Waals surface area (Å²) in [6.45, 7) is 9.49. The molecule has 1 rings (SSSR count). The van der Waals surface area contributed by atoms with Crippen molar-refractivity contribution in [1.82, 2.24) is 0 Å². The highest BCUT2D eigenvalue weighted by atomic mass is 16.3. The molecule has 4 N–H and O–H groups in total. The van der Waals surface area contributed by atoms with Crippen LogP contribution in [0.5, 0.6) is 0 Å². The molecule has 1 aromatic rings. The number of aryl methyl sites for hydroxylation is 1. The first-order valence-corrected chi connectivity index (χ1v) is 5.50. The Morgan fingerprint density at radius 1 is 1.19 bits per heavy atom. The van der Waals surface area contributed by atoms with Gasteiger partial charge in [-0.05, 0) is 52.3 Å². The molecule has 0 bridgehead atoms. The van der Waals surface area contributed by atoms with Crippen LogP contribution >= 0.6 is 0 Å². The van der Waals surface area contributed by atoms with Gasteiger partial charge < -0.3 is 16.2 Å². The average molecular weight is 222 g/mol. The fourth-order valence-corrected chi connectivity index (χ4v) is 1.27. The van der Waals surface area contributed by atoms with Gasteiger partial charge in [0.1, 0.15) is 0 Å². The maximum absolute atomic E-state index is 10.1. The Morgan fingerprint density at radius 2 is 1.75 bits per heavy atom. The number of nitrogen functional groups attached to an aromatic ring is 1. The molecule has 1 aromatic carbocycles. The van der Waals surface area contributed by atoms with Crippen LogP contribution in [-0.4, -0.2) is 16.2 Å². The van der Waals surface area contributed by atoms with E-state index in [2.05, 4.69) is 5.32 Å². The molecule has 16 heavy (non-hydrogen) atoms. The molecule has 90 valence electrons. The Morgan fingerprint density at radius 3 is 2.25 bits per heavy atom. The van der Waals surface area contributed by atoms with E-state index in [0.717, 1.165) is 11.3 Å². The van der Waals surface area contributed by atoms with Gasteiger partial charge in [0.15, 0.2) is 0 Å². The lowest BCUT2D eigenvalue weighted by Crippen LogP contribution is -2.51. The van der Waals surface area contributed by atoms with Crippen LogP contribution in [0.3, 0.4) is 0 Å². The summed E-state index contributed by atoms with van der Waals surface area (Å²) >= 11 is 0. The number of aliphatic hydroxyl groups is 1. The van der Waals surface area contributed by atoms with Gasteiger partial charge in [-0.15, -0.1) is 0 Å². The number of nitrogens with one attached hydrogen (secondary N) is 1. The lowest BCUT2D eigenvalue weighted by atomic mass is 9.85. The smallest absolute Gasteiger partial charge is 0.0814 e. The molecule has 0 aromatic heterocycles. The molecule has 0 saturated heterocycles. The second-order valence-corrected chi connectivity index (χ2v) is 5.40. The van der Waals surface area contributed by atoms with Gasteiger partial charge in [-0.1, -0.05) is 6.07 Å². The summed E-state index contributed by atoms with van der Waals surface area (Å²) < 4.78 is 0. The molecule has 0 radical (unpaired) electrons. The summed E-state index contributed by atoms with van der Waals surface area (Å²) in [5.74, 6) is 0. The van der Waals surface area contributed by atoms with Crippen molar-refractivity contribution in [2.24, 2.45) is 0 Å². The van der Waals surface area contributed by atoms with E-state index in [1.807, 2.05) is 39.0 Å². The number of hydrogen-bond donors (Lipinski definition) is 3. The first kappa shape index (κ1) is 12.8. The molecule has 0 atom stereocenters. The second kappa shape index (κ2) is 3.98. The van der Waals surface area contributed by atoms with Crippen molar-refractivity contribution >= 4 is 11.4 Å². The van der Waals surface area contributed by atoms with Gasteiger partial charge >= 0.3 is 0 Å². The summed E-state index contributed by atoms with van der Waals surface area (Å²) in [5, 5.41) is 13.4. The molecule has 0 aliphatic carbocycles. The van der Waals surface area contributed by atoms with Crippen LogP contribution in [0.15, 0.2) is 18.2 Å². The summed E-state index contributed by atoms with van der Waals surface area (Å²) in [6.07, 6.45) is 0. The average Bonchev–Trinajstić information content (AvgIpc) is 2.09. The molecule has 3 nitrogen and oxygen atoms in total. The first-order valence-electron chi connectivity index (χ1n) is 5.50. The number of hydrogen-bond acceptors (Lipinski definition) is 3. The number of benzene rings is 1. The summed E-state index contributed by atoms with van der Waals surface area (Å²) in [5.41, 5.74) is 7.32. The lowest BCUT2D eigenvalue weighted by molar-refractivity contribution is 0.0241. The highest BCUT2D eigenvalue weighted by Gasteiger charge is 2.35. The van der Waals surface area contributed by atoms with E-state index < -0.39 is 11.1 Å². The van der Waals surface area contributed by atoms with Crippen molar-refractivity contribution in [2.45, 2.75) is 45.8 Å². The Bertz CT molecular complexity index is 378. The Hall–Kier alpha value is -1.22. The van der Waals surface area contributed by atoms with Gasteiger partial charge in [-0.3, -0.25) is 0 Å². The van der Waals surface area contributed by atoms with Gasteiger partial charge in [-0.2, -0.15) is 0 Å². The molecule has 0 aliphatic rings. The van der Waals surface area contributed by atoms with E-state index in [1.165, 1.54) is 0 Å². The van der Waals surface area contributed by atoms with E-state index in [-0.39, 0.29) is 0 Å². The van der Waals surface area contributed by atoms with Gasteiger partial charge in [0.2, 0.25) is 0 Å². The van der Waals surface area contributed by atoms with Crippen molar-refractivity contribution in [3.05, 3.63) is 23.8 Å². The SMILES string of the molecule is Cc1ccc(N)c(NC(C)(C)C(C)(C)O)c1. The summed E-state index contributed by atoms with van der Waals surface area (Å²) in [6, 6.07) is 5.83. The van der Waals surface area contributed by atoms with Gasteiger partial charge in [0, 0.05) is 0 Å². The third-order valence-corrected chi connectivity index (χ3v) is 3.19. The Balaban J connectivity index is 3.01. The third kappa shape index (κ3) is 2.67. The van der Waals surface area contributed by atoms with Crippen LogP contribution in [0.25, 0.3) is 0 Å². The van der Waals surface area contributed by atoms with E-state index >= 15 is 0 Å². The van der Waals surface area contributed by atoms with Crippen LogP contribution in [0.2, 0.25) is 0 Å². The summed E-state index contributed by atoms with van der Waals surface area (Å²) in [4.78, 5) is 0. The minimum atomic E-state index is -0.830. The topological polar surface area (TPSA) is 58.3 Å². The Labute approximate surface area is 97.7 Å². The van der Waals surface area contributed by atoms with E-state index in [4.69, 9.17) is 5.73 Å². The minimum Gasteiger partial charge on any atom is -0.397 e. The monoisotopic (exact) mass is 222 g/mol. The molecular formula is C13H22N2O. The molecule has 0 saturated carbocycles. The van der Waals surface area contributed by atoms with Crippen LogP contribution in [0.1, 0.15) is 33.3 Å². The zero-order chi connectivity index (χ0) is 12.6. The van der Waals surface area contributed by atoms with E-state index in [0.29, 0.717) is 5.69 Å². The zero-order valence-corrected chi connectivity index (χ0v) is 10.8. The first-order chi connectivity index (χ1) is 7.13. The maximum Gasteiger partial charge on any atom is 0.0814 e. The molecule has 0 aliphatic heterocycles. The normalized spacial score (nSPS) is 12.6. The van der Waals surface area contributed by atoms with Crippen molar-refractivity contribution < 1.29 is 5.11 Å². The van der Waals surface area contributed by atoms with Gasteiger partial charge in [0.25, 0.3) is 0 Å². The number of rotatable bonds is 3. The van der Waals surface area contributed by atoms with Crippen molar-refractivity contribution in [3.63, 3.8) is 0 Å². The lowest BCUT2D eigenvalue weighted by Gasteiger charge is -2.39. The van der Waals surface area contributed by atoms with Crippen LogP contribution in [-0.2, 0) is 0 Å². The highest BCUT2D eigenvalue weighted by molar-refractivity contribution is 5.68. The van der Waals surface area contributed by atoms with Gasteiger partial charge in [-0.25, -0.2) is 0 Å². The van der Waals surface area contributed by atoms with Crippen molar-refractivity contribution in [2.75, 3.05) is 11.1 Å². The Kier molecular flexibility index (Phi) is 3.20. The number of anilines is 2. The largest absolute Gasteiger partial charge is 0.397 e. The molecule has 0 amide bonds. The zero-order valence-electron chi connectivity index (χ0n) is 10.8. The van der Waals surface area contributed by atoms with E-state index in [1.54, 1.807) is 13.8 Å². The standard InChI is InChI=1S/C13H22N2O/c1-9-6-7-10(14)11(8-9)15-12(2,3)13(4,5)16/h6-8,15-16H,14H2,1-5H3. The number of nitrogens with two attached hydrogens (primary N) is 1. The van der Waals surface area contributed by atoms with Gasteiger partial charge in [0.05, 0.1) is 22.5 Å². The maximum atomic E-state index is 10.1. The fourth-order valence-electron chi connectivity index (χ4n) is 1.27. The predicted molar refractivity (Wildman–Crippen MR) is 69.6 cm³/mol. The molecule has 3 heteroatoms. The quantitative estimate of drug-likeness (QED) is 0.689. The predicted octanol–water partition coefficient (Wildman–Crippen LogP) is 2.54. The molecular weight excluding hydrogens is 200 g/mol. The molecule has 0 spiro atoms. The van der Waals surface area contributed by atoms with E-state index in [9.17, 15) is 5.11 Å². The second-order valence-electron chi connectivity index (χ2n) is 5.40. The molecule has 0 fully saturated rings. The van der Waals surface area contributed by atoms with Crippen LogP contribution < -0.4 is 11.1 Å². The summed E-state index contributed by atoms with van der Waals surface area (Å²) in [7, 11) is 0. The van der Waals surface area contributed by atoms with Crippen LogP contribution in [0.4, 0.5) is 11.4 Å². The highest BCUT2D eigenvalue weighted by Crippen LogP contribution is 2.29. The molecule has 0 unspecified atom stereocenters. The van der Waals surface area contributed by atoms with Crippen molar-refractivity contribution in [1.29, 1.82) is 0 Å². The minimum absolute atomic E-state index is 0.449. The van der Waals surface area contributed by atoms with Crippen molar-refractivity contribution in [3.8, 4) is 0 Å². The molecule has 0 heterocycles. The third-order valence-electron chi connectivity index (χ3n) is 3.19. The fraction of sp³-hybridized carbons (Fsp3) is 0.538. The van der Waals surface area contributed by atoms with Crippen LogP contribution in [0, 0.1) is 6.92 Å².